The summed E-state index contributed by atoms with van der Waals surface area (Å²) < 4.78 is 18.9. The van der Waals surface area contributed by atoms with E-state index < -0.39 is 14.1 Å². The molecule has 1 N–H and O–H groups in total. The third-order valence-corrected chi connectivity index (χ3v) is 15.7. The van der Waals surface area contributed by atoms with E-state index in [-0.39, 0.29) is 10.5 Å². The zero-order valence-corrected chi connectivity index (χ0v) is 24.5. The molecule has 0 aromatic carbocycles. The molecule has 5 heteroatoms. The quantitative estimate of drug-likeness (QED) is 0.248. The minimum atomic E-state index is -1.83. The van der Waals surface area contributed by atoms with Gasteiger partial charge in [0.05, 0.1) is 6.10 Å². The highest BCUT2D eigenvalue weighted by atomic mass is 28.4. The SMILES string of the molecule is COC1(OC)CCC2=C(CC(C)C3C2[C@@H](CCO)C[C@@]2(C)C3CC[C@@H]2O[Si](C)(C)C(C)(C)C)C1. The van der Waals surface area contributed by atoms with E-state index in [1.807, 2.05) is 0 Å². The summed E-state index contributed by atoms with van der Waals surface area (Å²) in [5.41, 5.74) is 3.53. The Morgan fingerprint density at radius 2 is 1.79 bits per heavy atom. The van der Waals surface area contributed by atoms with Crippen molar-refractivity contribution in [1.29, 1.82) is 0 Å². The lowest BCUT2D eigenvalue weighted by Gasteiger charge is -2.58. The molecule has 4 rings (SSSR count). The Morgan fingerprint density at radius 1 is 1.12 bits per heavy atom. The van der Waals surface area contributed by atoms with Gasteiger partial charge in [-0.1, -0.05) is 45.8 Å². The molecule has 4 aliphatic rings. The van der Waals surface area contributed by atoms with Gasteiger partial charge in [0.15, 0.2) is 14.1 Å². The van der Waals surface area contributed by atoms with Gasteiger partial charge in [0, 0.05) is 33.7 Å². The fourth-order valence-corrected chi connectivity index (χ4v) is 9.88. The Balaban J connectivity index is 1.68. The third kappa shape index (κ3) is 4.29. The molecule has 0 aromatic rings. The van der Waals surface area contributed by atoms with E-state index in [2.05, 4.69) is 47.7 Å². The second kappa shape index (κ2) is 9.27. The van der Waals surface area contributed by atoms with Gasteiger partial charge in [-0.15, -0.1) is 0 Å². The van der Waals surface area contributed by atoms with Crippen LogP contribution in [-0.4, -0.2) is 46.1 Å². The molecule has 0 radical (unpaired) electrons. The number of methoxy groups -OCH3 is 2. The lowest BCUT2D eigenvalue weighted by molar-refractivity contribution is -0.214. The van der Waals surface area contributed by atoms with Crippen molar-refractivity contribution in [2.45, 2.75) is 116 Å². The molecular weight excluding hydrogens is 440 g/mol. The van der Waals surface area contributed by atoms with E-state index in [9.17, 15) is 5.11 Å². The zero-order chi connectivity index (χ0) is 25.1. The molecule has 7 atom stereocenters. The number of hydrogen-bond acceptors (Lipinski definition) is 4. The molecule has 0 heterocycles. The van der Waals surface area contributed by atoms with Gasteiger partial charge < -0.3 is 19.0 Å². The molecule has 196 valence electrons. The van der Waals surface area contributed by atoms with Gasteiger partial charge in [-0.05, 0) is 91.7 Å². The summed E-state index contributed by atoms with van der Waals surface area (Å²) >= 11 is 0. The first kappa shape index (κ1) is 26.8. The van der Waals surface area contributed by atoms with Crippen LogP contribution in [0.2, 0.25) is 18.1 Å². The van der Waals surface area contributed by atoms with E-state index in [0.717, 1.165) is 31.6 Å². The molecule has 2 saturated carbocycles. The van der Waals surface area contributed by atoms with Crippen molar-refractivity contribution >= 4 is 8.32 Å². The first-order valence-electron chi connectivity index (χ1n) is 13.9. The second-order valence-electron chi connectivity index (χ2n) is 13.9. The fourth-order valence-electron chi connectivity index (χ4n) is 8.43. The maximum absolute atomic E-state index is 10.1. The lowest BCUT2D eigenvalue weighted by atomic mass is 9.48. The van der Waals surface area contributed by atoms with Crippen molar-refractivity contribution in [2.24, 2.45) is 35.0 Å². The Bertz CT molecular complexity index is 779. The van der Waals surface area contributed by atoms with Crippen molar-refractivity contribution in [3.05, 3.63) is 11.1 Å². The van der Waals surface area contributed by atoms with Crippen LogP contribution in [0, 0.1) is 35.0 Å². The molecular formula is C29H52O4Si. The number of allylic oxidation sites excluding steroid dienone is 1. The molecule has 2 fully saturated rings. The molecule has 0 bridgehead atoms. The van der Waals surface area contributed by atoms with Crippen molar-refractivity contribution in [3.63, 3.8) is 0 Å². The third-order valence-electron chi connectivity index (χ3n) is 11.2. The number of aliphatic hydroxyl groups excluding tert-OH is 1. The van der Waals surface area contributed by atoms with Gasteiger partial charge in [-0.2, -0.15) is 0 Å². The second-order valence-corrected chi connectivity index (χ2v) is 18.7. The summed E-state index contributed by atoms with van der Waals surface area (Å²) in [6.45, 7) is 17.3. The van der Waals surface area contributed by atoms with Gasteiger partial charge in [0.25, 0.3) is 0 Å². The van der Waals surface area contributed by atoms with Gasteiger partial charge in [-0.25, -0.2) is 0 Å². The van der Waals surface area contributed by atoms with Gasteiger partial charge >= 0.3 is 0 Å². The average molecular weight is 493 g/mol. The van der Waals surface area contributed by atoms with Crippen LogP contribution in [0.4, 0.5) is 0 Å². The minimum absolute atomic E-state index is 0.223. The lowest BCUT2D eigenvalue weighted by Crippen LogP contribution is -2.55. The van der Waals surface area contributed by atoms with Crippen LogP contribution in [0.25, 0.3) is 0 Å². The van der Waals surface area contributed by atoms with Crippen molar-refractivity contribution in [2.75, 3.05) is 20.8 Å². The van der Waals surface area contributed by atoms with Crippen LogP contribution >= 0.6 is 0 Å². The zero-order valence-electron chi connectivity index (χ0n) is 23.5. The fraction of sp³-hybridized carbons (Fsp3) is 0.931. The summed E-state index contributed by atoms with van der Waals surface area (Å²) in [6.07, 6.45) is 9.10. The predicted molar refractivity (Wildman–Crippen MR) is 141 cm³/mol. The Labute approximate surface area is 210 Å². The molecule has 4 aliphatic carbocycles. The minimum Gasteiger partial charge on any atom is -0.413 e. The molecule has 34 heavy (non-hydrogen) atoms. The summed E-state index contributed by atoms with van der Waals surface area (Å²) in [4.78, 5) is 0. The van der Waals surface area contributed by atoms with Crippen molar-refractivity contribution in [3.8, 4) is 0 Å². The number of ether oxygens (including phenoxy) is 2. The highest BCUT2D eigenvalue weighted by molar-refractivity contribution is 6.74. The molecule has 0 aliphatic heterocycles. The van der Waals surface area contributed by atoms with E-state index in [1.165, 1.54) is 25.7 Å². The molecule has 0 spiro atoms. The van der Waals surface area contributed by atoms with Crippen LogP contribution in [0.3, 0.4) is 0 Å². The van der Waals surface area contributed by atoms with Crippen LogP contribution in [-0.2, 0) is 13.9 Å². The van der Waals surface area contributed by atoms with Gasteiger partial charge in [-0.3, -0.25) is 0 Å². The van der Waals surface area contributed by atoms with Crippen molar-refractivity contribution < 1.29 is 19.0 Å². The highest BCUT2D eigenvalue weighted by Gasteiger charge is 2.61. The summed E-state index contributed by atoms with van der Waals surface area (Å²) in [6, 6.07) is 0. The Morgan fingerprint density at radius 3 is 2.38 bits per heavy atom. The largest absolute Gasteiger partial charge is 0.413 e. The number of hydrogen-bond donors (Lipinski definition) is 1. The topological polar surface area (TPSA) is 47.9 Å². The normalized spacial score (nSPS) is 40.1. The first-order valence-corrected chi connectivity index (χ1v) is 16.8. The Kier molecular flexibility index (Phi) is 7.32. The average Bonchev–Trinajstić information content (AvgIpc) is 3.07. The van der Waals surface area contributed by atoms with Crippen LogP contribution < -0.4 is 0 Å². The predicted octanol–water partition coefficient (Wildman–Crippen LogP) is 6.94. The summed E-state index contributed by atoms with van der Waals surface area (Å²) in [7, 11) is 1.76. The number of fused-ring (bicyclic) bond motifs is 4. The van der Waals surface area contributed by atoms with Crippen LogP contribution in [0.5, 0.6) is 0 Å². The molecule has 0 saturated heterocycles. The smallest absolute Gasteiger partial charge is 0.192 e. The van der Waals surface area contributed by atoms with Gasteiger partial charge in [0.2, 0.25) is 0 Å². The molecule has 0 aromatic heterocycles. The van der Waals surface area contributed by atoms with E-state index in [4.69, 9.17) is 13.9 Å². The monoisotopic (exact) mass is 492 g/mol. The maximum atomic E-state index is 10.1. The van der Waals surface area contributed by atoms with E-state index in [0.29, 0.717) is 36.4 Å². The summed E-state index contributed by atoms with van der Waals surface area (Å²) in [5.74, 6) is 2.80. The Hall–Kier alpha value is -0.203. The van der Waals surface area contributed by atoms with Crippen LogP contribution in [0.15, 0.2) is 11.1 Å². The highest BCUT2D eigenvalue weighted by Crippen LogP contribution is 2.66. The molecule has 0 amide bonds. The standard InChI is InChI=1S/C29H52O4Si/c1-19-16-21-18-29(31-6,32-7)14-12-22(21)26-20(13-15-30)17-28(5)23(25(19)26)10-11-24(28)33-34(8,9)27(2,3)4/h19-20,23-26,30H,10-18H2,1-9H3/t19?,20-,23?,24-,25?,26?,28-/m0/s1. The van der Waals surface area contributed by atoms with E-state index in [1.54, 1.807) is 25.4 Å². The molecule has 4 nitrogen and oxygen atoms in total. The van der Waals surface area contributed by atoms with Crippen LogP contribution in [0.1, 0.15) is 86.0 Å². The first-order chi connectivity index (χ1) is 15.8. The molecule has 4 unspecified atom stereocenters. The van der Waals surface area contributed by atoms with Gasteiger partial charge in [0.1, 0.15) is 0 Å². The number of rotatable bonds is 6. The summed E-state index contributed by atoms with van der Waals surface area (Å²) in [5, 5.41) is 10.4. The maximum Gasteiger partial charge on any atom is 0.192 e. The number of aliphatic hydroxyl groups is 1. The van der Waals surface area contributed by atoms with E-state index >= 15 is 0 Å². The van der Waals surface area contributed by atoms with Crippen molar-refractivity contribution in [1.82, 2.24) is 0 Å².